The van der Waals surface area contributed by atoms with E-state index in [9.17, 15) is 18.0 Å². The van der Waals surface area contributed by atoms with E-state index in [2.05, 4.69) is 10.2 Å². The van der Waals surface area contributed by atoms with Crippen LogP contribution in [0.5, 0.6) is 0 Å². The molecule has 106 valence electrons. The average Bonchev–Trinajstić information content (AvgIpc) is 2.69. The fourth-order valence-corrected chi connectivity index (χ4v) is 2.28. The minimum absolute atomic E-state index is 0.220. The van der Waals surface area contributed by atoms with Gasteiger partial charge in [-0.25, -0.2) is 0 Å². The first-order chi connectivity index (χ1) is 8.36. The highest BCUT2D eigenvalue weighted by molar-refractivity contribution is 5.71. The van der Waals surface area contributed by atoms with Crippen molar-refractivity contribution in [2.45, 2.75) is 32.0 Å². The number of halogens is 3. The SMILES string of the molecule is CCN1CCCC1CNCC(C(=O)O)C(F)(F)F. The van der Waals surface area contributed by atoms with Gasteiger partial charge in [-0.2, -0.15) is 13.2 Å². The molecule has 0 amide bonds. The maximum Gasteiger partial charge on any atom is 0.403 e. The number of aliphatic carboxylic acids is 1. The van der Waals surface area contributed by atoms with Gasteiger partial charge >= 0.3 is 12.1 Å². The number of carboxylic acid groups (broad SMARTS) is 1. The van der Waals surface area contributed by atoms with Gasteiger partial charge in [-0.3, -0.25) is 9.69 Å². The Morgan fingerprint density at radius 1 is 1.56 bits per heavy atom. The summed E-state index contributed by atoms with van der Waals surface area (Å²) < 4.78 is 37.1. The lowest BCUT2D eigenvalue weighted by Crippen LogP contribution is -2.43. The third-order valence-corrected chi connectivity index (χ3v) is 3.33. The summed E-state index contributed by atoms with van der Waals surface area (Å²) in [5.41, 5.74) is 0. The second-order valence-electron chi connectivity index (χ2n) is 4.52. The summed E-state index contributed by atoms with van der Waals surface area (Å²) >= 11 is 0. The van der Waals surface area contributed by atoms with Crippen LogP contribution < -0.4 is 5.32 Å². The van der Waals surface area contributed by atoms with Crippen molar-refractivity contribution in [3.05, 3.63) is 0 Å². The standard InChI is InChI=1S/C11H19F3N2O2/c1-2-16-5-3-4-8(16)6-15-7-9(10(17)18)11(12,13)14/h8-9,15H,2-7H2,1H3,(H,17,18). The molecule has 7 heteroatoms. The molecule has 2 atom stereocenters. The molecule has 0 saturated carbocycles. The van der Waals surface area contributed by atoms with Gasteiger partial charge < -0.3 is 10.4 Å². The van der Waals surface area contributed by atoms with Gasteiger partial charge in [-0.1, -0.05) is 6.92 Å². The summed E-state index contributed by atoms with van der Waals surface area (Å²) in [5.74, 6) is -4.15. The molecule has 0 bridgehead atoms. The predicted molar refractivity (Wildman–Crippen MR) is 60.3 cm³/mol. The molecule has 1 fully saturated rings. The van der Waals surface area contributed by atoms with Crippen molar-refractivity contribution in [1.29, 1.82) is 0 Å². The number of likely N-dealkylation sites (N-methyl/N-ethyl adjacent to an activating group) is 1. The minimum atomic E-state index is -4.70. The van der Waals surface area contributed by atoms with Gasteiger partial charge in [0.2, 0.25) is 0 Å². The largest absolute Gasteiger partial charge is 0.481 e. The summed E-state index contributed by atoms with van der Waals surface area (Å²) in [7, 11) is 0. The molecule has 2 N–H and O–H groups in total. The third kappa shape index (κ3) is 4.13. The van der Waals surface area contributed by atoms with Crippen LogP contribution in [0.1, 0.15) is 19.8 Å². The Hall–Kier alpha value is -0.820. The number of hydrogen-bond acceptors (Lipinski definition) is 3. The molecule has 1 saturated heterocycles. The van der Waals surface area contributed by atoms with E-state index in [4.69, 9.17) is 5.11 Å². The first kappa shape index (κ1) is 15.2. The second-order valence-corrected chi connectivity index (χ2v) is 4.52. The Labute approximate surface area is 104 Å². The third-order valence-electron chi connectivity index (χ3n) is 3.33. The zero-order valence-electron chi connectivity index (χ0n) is 10.3. The Kier molecular flexibility index (Phi) is 5.40. The van der Waals surface area contributed by atoms with Gasteiger partial charge in [0, 0.05) is 19.1 Å². The number of alkyl halides is 3. The number of rotatable bonds is 6. The van der Waals surface area contributed by atoms with E-state index in [-0.39, 0.29) is 6.04 Å². The normalized spacial score (nSPS) is 23.2. The summed E-state index contributed by atoms with van der Waals surface area (Å²) in [5, 5.41) is 11.2. The first-order valence-electron chi connectivity index (χ1n) is 6.10. The van der Waals surface area contributed by atoms with Crippen molar-refractivity contribution in [1.82, 2.24) is 10.2 Å². The van der Waals surface area contributed by atoms with Crippen LogP contribution in [0.25, 0.3) is 0 Å². The lowest BCUT2D eigenvalue weighted by molar-refractivity contribution is -0.192. The molecule has 0 aromatic carbocycles. The van der Waals surface area contributed by atoms with Gasteiger partial charge in [0.1, 0.15) is 0 Å². The maximum absolute atomic E-state index is 12.4. The number of carboxylic acids is 1. The lowest BCUT2D eigenvalue weighted by atomic mass is 10.1. The van der Waals surface area contributed by atoms with E-state index >= 15 is 0 Å². The van der Waals surface area contributed by atoms with E-state index in [0.29, 0.717) is 6.54 Å². The summed E-state index contributed by atoms with van der Waals surface area (Å²) in [6, 6.07) is 0.220. The predicted octanol–water partition coefficient (Wildman–Crippen LogP) is 1.32. The van der Waals surface area contributed by atoms with Gasteiger partial charge in [0.15, 0.2) is 5.92 Å². The molecule has 1 aliphatic rings. The summed E-state index contributed by atoms with van der Waals surface area (Å²) in [4.78, 5) is 12.7. The van der Waals surface area contributed by atoms with Crippen molar-refractivity contribution in [2.24, 2.45) is 5.92 Å². The summed E-state index contributed by atoms with van der Waals surface area (Å²) in [6.45, 7) is 3.69. The topological polar surface area (TPSA) is 52.6 Å². The van der Waals surface area contributed by atoms with E-state index in [1.165, 1.54) is 0 Å². The van der Waals surface area contributed by atoms with Crippen LogP contribution in [0.3, 0.4) is 0 Å². The zero-order chi connectivity index (χ0) is 13.8. The molecule has 0 aliphatic carbocycles. The number of hydrogen-bond donors (Lipinski definition) is 2. The van der Waals surface area contributed by atoms with E-state index < -0.39 is 24.6 Å². The number of nitrogens with one attached hydrogen (secondary N) is 1. The Morgan fingerprint density at radius 3 is 2.72 bits per heavy atom. The van der Waals surface area contributed by atoms with Gasteiger partial charge in [-0.15, -0.1) is 0 Å². The molecule has 1 heterocycles. The van der Waals surface area contributed by atoms with Crippen molar-refractivity contribution in [3.63, 3.8) is 0 Å². The van der Waals surface area contributed by atoms with Crippen LogP contribution in [0.4, 0.5) is 13.2 Å². The van der Waals surface area contributed by atoms with Crippen LogP contribution in [-0.2, 0) is 4.79 Å². The Balaban J connectivity index is 2.37. The molecule has 0 radical (unpaired) electrons. The van der Waals surface area contributed by atoms with Crippen LogP contribution in [0.15, 0.2) is 0 Å². The van der Waals surface area contributed by atoms with Crippen molar-refractivity contribution in [2.75, 3.05) is 26.2 Å². The average molecular weight is 268 g/mol. The molecule has 1 rings (SSSR count). The van der Waals surface area contributed by atoms with E-state index in [0.717, 1.165) is 25.9 Å². The number of nitrogens with zero attached hydrogens (tertiary/aromatic N) is 1. The highest BCUT2D eigenvalue weighted by atomic mass is 19.4. The molecule has 4 nitrogen and oxygen atoms in total. The molecule has 2 unspecified atom stereocenters. The molecule has 0 aromatic heterocycles. The molecule has 18 heavy (non-hydrogen) atoms. The number of likely N-dealkylation sites (tertiary alicyclic amines) is 1. The molecular formula is C11H19F3N2O2. The molecule has 0 spiro atoms. The van der Waals surface area contributed by atoms with Crippen molar-refractivity contribution < 1.29 is 23.1 Å². The van der Waals surface area contributed by atoms with Gasteiger partial charge in [-0.05, 0) is 25.9 Å². The molecule has 0 aromatic rings. The fourth-order valence-electron chi connectivity index (χ4n) is 2.28. The van der Waals surface area contributed by atoms with Crippen LogP contribution in [-0.4, -0.2) is 54.4 Å². The first-order valence-corrected chi connectivity index (χ1v) is 6.10. The van der Waals surface area contributed by atoms with Crippen LogP contribution in [0, 0.1) is 5.92 Å². The maximum atomic E-state index is 12.4. The van der Waals surface area contributed by atoms with Gasteiger partial charge in [0.25, 0.3) is 0 Å². The zero-order valence-corrected chi connectivity index (χ0v) is 10.3. The molecule has 1 aliphatic heterocycles. The van der Waals surface area contributed by atoms with Crippen molar-refractivity contribution >= 4 is 5.97 Å². The smallest absolute Gasteiger partial charge is 0.403 e. The Morgan fingerprint density at radius 2 is 2.22 bits per heavy atom. The lowest BCUT2D eigenvalue weighted by Gasteiger charge is -2.24. The van der Waals surface area contributed by atoms with E-state index in [1.807, 2.05) is 6.92 Å². The van der Waals surface area contributed by atoms with Crippen molar-refractivity contribution in [3.8, 4) is 0 Å². The van der Waals surface area contributed by atoms with Crippen LogP contribution in [0.2, 0.25) is 0 Å². The molecular weight excluding hydrogens is 249 g/mol. The van der Waals surface area contributed by atoms with E-state index in [1.54, 1.807) is 0 Å². The Bertz CT molecular complexity index is 284. The highest BCUT2D eigenvalue weighted by Crippen LogP contribution is 2.26. The second kappa shape index (κ2) is 6.38. The van der Waals surface area contributed by atoms with Crippen LogP contribution >= 0.6 is 0 Å². The monoisotopic (exact) mass is 268 g/mol. The fraction of sp³-hybridized carbons (Fsp3) is 0.909. The summed E-state index contributed by atoms with van der Waals surface area (Å²) in [6.07, 6.45) is -2.70. The minimum Gasteiger partial charge on any atom is -0.481 e. The highest BCUT2D eigenvalue weighted by Gasteiger charge is 2.44. The number of carbonyl (C=O) groups is 1. The van der Waals surface area contributed by atoms with Gasteiger partial charge in [0.05, 0.1) is 0 Å². The quantitative estimate of drug-likeness (QED) is 0.763.